The van der Waals surface area contributed by atoms with E-state index in [9.17, 15) is 0 Å². The Kier molecular flexibility index (Phi) is 14.7. The number of rotatable bonds is 11. The molecule has 2 N–H and O–H groups in total. The number of hydrogen-bond acceptors (Lipinski definition) is 3. The normalized spacial score (nSPS) is 12.6. The summed E-state index contributed by atoms with van der Waals surface area (Å²) in [5, 5.41) is 6.89. The molecule has 0 aliphatic rings. The zero-order valence-corrected chi connectivity index (χ0v) is 19.5. The summed E-state index contributed by atoms with van der Waals surface area (Å²) in [7, 11) is 0. The van der Waals surface area contributed by atoms with E-state index in [0.717, 1.165) is 45.0 Å². The monoisotopic (exact) mass is 475 g/mol. The molecule has 1 aromatic heterocycles. The molecule has 1 rings (SSSR count). The Hall–Kier alpha value is -0.890. The number of nitrogens with zero attached hydrogens (tertiary/aromatic N) is 3. The number of aryl methyl sites for hydroxylation is 1. The summed E-state index contributed by atoms with van der Waals surface area (Å²) in [5.74, 6) is 0.921. The Morgan fingerprint density at radius 1 is 1.27 bits per heavy atom. The van der Waals surface area contributed by atoms with Crippen LogP contribution in [-0.2, 0) is 6.42 Å². The molecule has 0 amide bonds. The maximum absolute atomic E-state index is 4.73. The summed E-state index contributed by atoms with van der Waals surface area (Å²) in [5.41, 5.74) is 2.56. The summed E-state index contributed by atoms with van der Waals surface area (Å²) in [6, 6.07) is 2.51. The van der Waals surface area contributed by atoms with Gasteiger partial charge >= 0.3 is 0 Å². The molecule has 0 bridgehead atoms. The Labute approximate surface area is 177 Å². The van der Waals surface area contributed by atoms with Gasteiger partial charge in [0.05, 0.1) is 0 Å². The number of nitrogens with one attached hydrogen (secondary N) is 2. The molecule has 5 nitrogen and oxygen atoms in total. The smallest absolute Gasteiger partial charge is 0.191 e. The van der Waals surface area contributed by atoms with Crippen LogP contribution in [0.5, 0.6) is 0 Å². The second-order valence-corrected chi connectivity index (χ2v) is 6.53. The van der Waals surface area contributed by atoms with Crippen molar-refractivity contribution in [2.45, 2.75) is 59.9 Å². The Morgan fingerprint density at radius 2 is 2.00 bits per heavy atom. The lowest BCUT2D eigenvalue weighted by molar-refractivity contribution is 0.292. The van der Waals surface area contributed by atoms with Gasteiger partial charge in [-0.3, -0.25) is 9.98 Å². The van der Waals surface area contributed by atoms with Gasteiger partial charge in [-0.1, -0.05) is 13.8 Å². The molecule has 0 fully saturated rings. The van der Waals surface area contributed by atoms with E-state index >= 15 is 0 Å². The maximum Gasteiger partial charge on any atom is 0.191 e. The molecule has 1 unspecified atom stereocenters. The standard InChI is InChI=1S/C20H37N5.HI/c1-6-22-20(23-14-12-19-11-13-21-16-17(19)4)24-18(5)10-9-15-25(7-2)8-3;/h11,13,16,18H,6-10,12,14-15H2,1-5H3,(H2,22,23,24);1H. The molecule has 0 aliphatic carbocycles. The van der Waals surface area contributed by atoms with Crippen LogP contribution in [-0.4, -0.2) is 54.6 Å². The van der Waals surface area contributed by atoms with Gasteiger partial charge in [0.25, 0.3) is 0 Å². The van der Waals surface area contributed by atoms with Gasteiger partial charge in [-0.25, -0.2) is 0 Å². The van der Waals surface area contributed by atoms with Crippen molar-refractivity contribution < 1.29 is 0 Å². The van der Waals surface area contributed by atoms with Gasteiger partial charge in [0.2, 0.25) is 0 Å². The van der Waals surface area contributed by atoms with E-state index in [0.29, 0.717) is 6.04 Å². The Balaban J connectivity index is 0.00000625. The fraction of sp³-hybridized carbons (Fsp3) is 0.700. The topological polar surface area (TPSA) is 52.6 Å². The van der Waals surface area contributed by atoms with Crippen LogP contribution in [0.3, 0.4) is 0 Å². The van der Waals surface area contributed by atoms with E-state index in [1.54, 1.807) is 0 Å². The molecule has 0 aliphatic heterocycles. The first-order valence-electron chi connectivity index (χ1n) is 9.77. The van der Waals surface area contributed by atoms with E-state index < -0.39 is 0 Å². The van der Waals surface area contributed by atoms with Gasteiger partial charge in [0.15, 0.2) is 5.96 Å². The summed E-state index contributed by atoms with van der Waals surface area (Å²) >= 11 is 0. The van der Waals surface area contributed by atoms with Crippen LogP contribution < -0.4 is 10.6 Å². The van der Waals surface area contributed by atoms with Crippen molar-refractivity contribution in [2.24, 2.45) is 4.99 Å². The number of aromatic nitrogens is 1. The molecule has 1 atom stereocenters. The average Bonchev–Trinajstić information content (AvgIpc) is 2.60. The third-order valence-electron chi connectivity index (χ3n) is 4.52. The molecular formula is C20H38IN5. The van der Waals surface area contributed by atoms with Crippen LogP contribution in [0.25, 0.3) is 0 Å². The van der Waals surface area contributed by atoms with Crippen molar-refractivity contribution in [1.82, 2.24) is 20.5 Å². The van der Waals surface area contributed by atoms with Gasteiger partial charge < -0.3 is 15.5 Å². The minimum atomic E-state index is 0. The van der Waals surface area contributed by atoms with Crippen LogP contribution in [0.4, 0.5) is 0 Å². The Bertz CT molecular complexity index is 503. The van der Waals surface area contributed by atoms with Gasteiger partial charge in [-0.15, -0.1) is 24.0 Å². The number of halogens is 1. The van der Waals surface area contributed by atoms with Crippen molar-refractivity contribution in [3.05, 3.63) is 29.6 Å². The minimum Gasteiger partial charge on any atom is -0.357 e. The van der Waals surface area contributed by atoms with Gasteiger partial charge in [0.1, 0.15) is 0 Å². The highest BCUT2D eigenvalue weighted by atomic mass is 127. The van der Waals surface area contributed by atoms with Crippen LogP contribution in [0, 0.1) is 6.92 Å². The van der Waals surface area contributed by atoms with Crippen molar-refractivity contribution in [1.29, 1.82) is 0 Å². The molecule has 1 aromatic rings. The number of hydrogen-bond donors (Lipinski definition) is 2. The molecular weight excluding hydrogens is 437 g/mol. The maximum atomic E-state index is 4.73. The fourth-order valence-electron chi connectivity index (χ4n) is 2.86. The predicted molar refractivity (Wildman–Crippen MR) is 124 cm³/mol. The number of aliphatic imine (C=N–C) groups is 1. The molecule has 1 heterocycles. The summed E-state index contributed by atoms with van der Waals surface area (Å²) in [6.45, 7) is 16.0. The van der Waals surface area contributed by atoms with E-state index in [4.69, 9.17) is 4.99 Å². The molecule has 26 heavy (non-hydrogen) atoms. The molecule has 150 valence electrons. The zero-order chi connectivity index (χ0) is 18.5. The highest BCUT2D eigenvalue weighted by Crippen LogP contribution is 2.06. The van der Waals surface area contributed by atoms with E-state index in [2.05, 4.69) is 61.2 Å². The van der Waals surface area contributed by atoms with Crippen molar-refractivity contribution >= 4 is 29.9 Å². The average molecular weight is 475 g/mol. The predicted octanol–water partition coefficient (Wildman–Crippen LogP) is 3.62. The summed E-state index contributed by atoms with van der Waals surface area (Å²) in [6.07, 6.45) is 7.09. The number of guanidine groups is 1. The van der Waals surface area contributed by atoms with Gasteiger partial charge in [-0.05, 0) is 76.9 Å². The molecule has 0 spiro atoms. The third-order valence-corrected chi connectivity index (χ3v) is 4.52. The van der Waals surface area contributed by atoms with Crippen LogP contribution in [0.1, 0.15) is 51.7 Å². The first kappa shape index (κ1) is 25.1. The van der Waals surface area contributed by atoms with E-state index in [-0.39, 0.29) is 24.0 Å². The highest BCUT2D eigenvalue weighted by Gasteiger charge is 2.06. The van der Waals surface area contributed by atoms with Gasteiger partial charge in [0, 0.05) is 31.5 Å². The fourth-order valence-corrected chi connectivity index (χ4v) is 2.86. The van der Waals surface area contributed by atoms with Crippen LogP contribution in [0.2, 0.25) is 0 Å². The number of pyridine rings is 1. The summed E-state index contributed by atoms with van der Waals surface area (Å²) < 4.78 is 0. The molecule has 0 saturated carbocycles. The van der Waals surface area contributed by atoms with Crippen LogP contribution >= 0.6 is 24.0 Å². The quantitative estimate of drug-likeness (QED) is 0.292. The van der Waals surface area contributed by atoms with E-state index in [1.165, 1.54) is 24.1 Å². The van der Waals surface area contributed by atoms with E-state index in [1.807, 2.05) is 12.4 Å². The first-order valence-corrected chi connectivity index (χ1v) is 9.77. The minimum absolute atomic E-state index is 0. The lowest BCUT2D eigenvalue weighted by Crippen LogP contribution is -2.42. The van der Waals surface area contributed by atoms with Gasteiger partial charge in [-0.2, -0.15) is 0 Å². The molecule has 0 saturated heterocycles. The van der Waals surface area contributed by atoms with Crippen molar-refractivity contribution in [2.75, 3.05) is 32.7 Å². The SMILES string of the molecule is CCNC(=NCCc1ccncc1C)NC(C)CCCN(CC)CC.I. The zero-order valence-electron chi connectivity index (χ0n) is 17.2. The second-order valence-electron chi connectivity index (χ2n) is 6.53. The van der Waals surface area contributed by atoms with Crippen molar-refractivity contribution in [3.8, 4) is 0 Å². The Morgan fingerprint density at radius 3 is 2.62 bits per heavy atom. The highest BCUT2D eigenvalue weighted by molar-refractivity contribution is 14.0. The van der Waals surface area contributed by atoms with Crippen molar-refractivity contribution in [3.63, 3.8) is 0 Å². The third kappa shape index (κ3) is 10.3. The molecule has 6 heteroatoms. The first-order chi connectivity index (χ1) is 12.1. The molecule has 0 aromatic carbocycles. The van der Waals surface area contributed by atoms with Crippen LogP contribution in [0.15, 0.2) is 23.5 Å². The molecule has 0 radical (unpaired) electrons. The largest absolute Gasteiger partial charge is 0.357 e. The second kappa shape index (κ2) is 15.2. The summed E-state index contributed by atoms with van der Waals surface area (Å²) in [4.78, 5) is 11.4. The lowest BCUT2D eigenvalue weighted by atomic mass is 10.1. The lowest BCUT2D eigenvalue weighted by Gasteiger charge is -2.21.